The van der Waals surface area contributed by atoms with Gasteiger partial charge in [-0.15, -0.1) is 0 Å². The number of hydrogen-bond acceptors (Lipinski definition) is 3. The zero-order chi connectivity index (χ0) is 11.4. The molecule has 0 heterocycles. The molecule has 0 aromatic heterocycles. The van der Waals surface area contributed by atoms with Gasteiger partial charge in [0, 0.05) is 12.6 Å². The van der Waals surface area contributed by atoms with Crippen molar-refractivity contribution in [3.8, 4) is 11.5 Å². The normalized spacial score (nSPS) is 17.3. The van der Waals surface area contributed by atoms with Gasteiger partial charge in [-0.3, -0.25) is 0 Å². The van der Waals surface area contributed by atoms with Crippen LogP contribution in [0, 0.1) is 0 Å². The van der Waals surface area contributed by atoms with E-state index < -0.39 is 0 Å². The van der Waals surface area contributed by atoms with E-state index in [1.807, 2.05) is 6.07 Å². The predicted octanol–water partition coefficient (Wildman–Crippen LogP) is 2.56. The Morgan fingerprint density at radius 2 is 1.94 bits per heavy atom. The van der Waals surface area contributed by atoms with Crippen LogP contribution in [-0.2, 0) is 6.54 Å². The van der Waals surface area contributed by atoms with E-state index in [0.717, 1.165) is 24.2 Å². The van der Waals surface area contributed by atoms with Crippen molar-refractivity contribution in [2.24, 2.45) is 5.73 Å². The van der Waals surface area contributed by atoms with Crippen LogP contribution in [0.2, 0.25) is 0 Å². The molecule has 16 heavy (non-hydrogen) atoms. The Hall–Kier alpha value is -1.22. The van der Waals surface area contributed by atoms with Gasteiger partial charge >= 0.3 is 0 Å². The summed E-state index contributed by atoms with van der Waals surface area (Å²) in [4.78, 5) is 0. The van der Waals surface area contributed by atoms with Gasteiger partial charge in [-0.2, -0.15) is 0 Å². The fourth-order valence-corrected chi connectivity index (χ4v) is 2.20. The molecule has 0 spiro atoms. The van der Waals surface area contributed by atoms with Crippen LogP contribution in [0.25, 0.3) is 0 Å². The van der Waals surface area contributed by atoms with Gasteiger partial charge in [-0.25, -0.2) is 0 Å². The molecule has 0 bridgehead atoms. The van der Waals surface area contributed by atoms with E-state index in [-0.39, 0.29) is 5.75 Å². The van der Waals surface area contributed by atoms with Gasteiger partial charge in [0.2, 0.25) is 0 Å². The van der Waals surface area contributed by atoms with Crippen molar-refractivity contribution in [2.75, 3.05) is 0 Å². The quantitative estimate of drug-likeness (QED) is 0.824. The third kappa shape index (κ3) is 2.89. The Balaban J connectivity index is 2.04. The molecule has 0 radical (unpaired) electrons. The van der Waals surface area contributed by atoms with E-state index in [2.05, 4.69) is 0 Å². The third-order valence-electron chi connectivity index (χ3n) is 3.04. The van der Waals surface area contributed by atoms with Crippen molar-refractivity contribution in [3.05, 3.63) is 23.8 Å². The summed E-state index contributed by atoms with van der Waals surface area (Å²) < 4.78 is 5.86. The predicted molar refractivity (Wildman–Crippen MR) is 63.5 cm³/mol. The van der Waals surface area contributed by atoms with Crippen molar-refractivity contribution >= 4 is 0 Å². The summed E-state index contributed by atoms with van der Waals surface area (Å²) in [6.07, 6.45) is 6.34. The molecular weight excluding hydrogens is 202 g/mol. The maximum Gasteiger partial charge on any atom is 0.123 e. The molecular formula is C13H19NO2. The summed E-state index contributed by atoms with van der Waals surface area (Å²) >= 11 is 0. The second-order valence-electron chi connectivity index (χ2n) is 4.42. The number of phenolic OH excluding ortho intramolecular Hbond substituents is 1. The highest BCUT2D eigenvalue weighted by Gasteiger charge is 2.15. The first kappa shape index (κ1) is 11.3. The van der Waals surface area contributed by atoms with E-state index in [0.29, 0.717) is 12.6 Å². The minimum Gasteiger partial charge on any atom is -0.508 e. The Morgan fingerprint density at radius 1 is 1.19 bits per heavy atom. The second-order valence-corrected chi connectivity index (χ2v) is 4.42. The molecule has 3 heteroatoms. The largest absolute Gasteiger partial charge is 0.508 e. The Morgan fingerprint density at radius 3 is 2.62 bits per heavy atom. The monoisotopic (exact) mass is 221 g/mol. The third-order valence-corrected chi connectivity index (χ3v) is 3.04. The summed E-state index contributed by atoms with van der Waals surface area (Å²) in [5.74, 6) is 0.973. The van der Waals surface area contributed by atoms with Crippen molar-refractivity contribution in [1.29, 1.82) is 0 Å². The van der Waals surface area contributed by atoms with E-state index >= 15 is 0 Å². The average molecular weight is 221 g/mol. The average Bonchev–Trinajstić information content (AvgIpc) is 2.29. The van der Waals surface area contributed by atoms with Crippen LogP contribution in [0.1, 0.15) is 37.7 Å². The lowest BCUT2D eigenvalue weighted by Crippen LogP contribution is -2.19. The molecule has 3 N–H and O–H groups in total. The number of ether oxygens (including phenoxy) is 1. The van der Waals surface area contributed by atoms with E-state index in [4.69, 9.17) is 10.5 Å². The molecule has 0 unspecified atom stereocenters. The molecule has 1 aliphatic rings. The van der Waals surface area contributed by atoms with Crippen molar-refractivity contribution in [3.63, 3.8) is 0 Å². The SMILES string of the molecule is NCc1cc(O)cc(OC2CCCCC2)c1. The molecule has 2 rings (SSSR count). The van der Waals surface area contributed by atoms with Gasteiger partial charge in [0.1, 0.15) is 11.5 Å². The Labute approximate surface area is 96.2 Å². The molecule has 0 atom stereocenters. The van der Waals surface area contributed by atoms with Crippen molar-refractivity contribution in [1.82, 2.24) is 0 Å². The van der Waals surface area contributed by atoms with Gasteiger partial charge in [-0.1, -0.05) is 6.42 Å². The summed E-state index contributed by atoms with van der Waals surface area (Å²) in [5.41, 5.74) is 6.46. The summed E-state index contributed by atoms with van der Waals surface area (Å²) in [6, 6.07) is 5.25. The van der Waals surface area contributed by atoms with Crippen LogP contribution in [0.4, 0.5) is 0 Å². The molecule has 0 aliphatic heterocycles. The number of rotatable bonds is 3. The van der Waals surface area contributed by atoms with Gasteiger partial charge in [0.05, 0.1) is 6.10 Å². The minimum atomic E-state index is 0.230. The number of nitrogens with two attached hydrogens (primary N) is 1. The Kier molecular flexibility index (Phi) is 3.67. The number of benzene rings is 1. The van der Waals surface area contributed by atoms with Crippen LogP contribution in [0.5, 0.6) is 11.5 Å². The van der Waals surface area contributed by atoms with Crippen LogP contribution in [-0.4, -0.2) is 11.2 Å². The molecule has 1 aromatic carbocycles. The van der Waals surface area contributed by atoms with Crippen molar-refractivity contribution in [2.45, 2.75) is 44.8 Å². The van der Waals surface area contributed by atoms with Gasteiger partial charge in [0.15, 0.2) is 0 Å². The first-order chi connectivity index (χ1) is 7.78. The van der Waals surface area contributed by atoms with Gasteiger partial charge < -0.3 is 15.6 Å². The van der Waals surface area contributed by atoms with Gasteiger partial charge in [-0.05, 0) is 43.4 Å². The summed E-state index contributed by atoms with van der Waals surface area (Å²) in [5, 5.41) is 9.52. The van der Waals surface area contributed by atoms with Crippen LogP contribution >= 0.6 is 0 Å². The van der Waals surface area contributed by atoms with E-state index in [1.165, 1.54) is 19.3 Å². The second kappa shape index (κ2) is 5.21. The standard InChI is InChI=1S/C13H19NO2/c14-9-10-6-11(15)8-13(7-10)16-12-4-2-1-3-5-12/h6-8,12,15H,1-5,9,14H2. The molecule has 1 saturated carbocycles. The molecule has 0 amide bonds. The fraction of sp³-hybridized carbons (Fsp3) is 0.538. The highest BCUT2D eigenvalue weighted by atomic mass is 16.5. The number of phenols is 1. The molecule has 1 aromatic rings. The zero-order valence-electron chi connectivity index (χ0n) is 9.48. The van der Waals surface area contributed by atoms with Crippen LogP contribution in [0.15, 0.2) is 18.2 Å². The smallest absolute Gasteiger partial charge is 0.123 e. The van der Waals surface area contributed by atoms with Crippen molar-refractivity contribution < 1.29 is 9.84 Å². The molecule has 3 nitrogen and oxygen atoms in total. The first-order valence-electron chi connectivity index (χ1n) is 5.97. The lowest BCUT2D eigenvalue weighted by molar-refractivity contribution is 0.154. The molecule has 1 aliphatic carbocycles. The number of aromatic hydroxyl groups is 1. The zero-order valence-corrected chi connectivity index (χ0v) is 9.48. The molecule has 1 fully saturated rings. The van der Waals surface area contributed by atoms with Crippen LogP contribution < -0.4 is 10.5 Å². The molecule has 88 valence electrons. The fourth-order valence-electron chi connectivity index (χ4n) is 2.20. The lowest BCUT2D eigenvalue weighted by atomic mass is 9.98. The summed E-state index contributed by atoms with van der Waals surface area (Å²) in [7, 11) is 0. The van der Waals surface area contributed by atoms with E-state index in [1.54, 1.807) is 12.1 Å². The number of hydrogen-bond donors (Lipinski definition) is 2. The lowest BCUT2D eigenvalue weighted by Gasteiger charge is -2.23. The highest BCUT2D eigenvalue weighted by molar-refractivity contribution is 5.37. The first-order valence-corrected chi connectivity index (χ1v) is 5.97. The van der Waals surface area contributed by atoms with Crippen LogP contribution in [0.3, 0.4) is 0 Å². The Bertz CT molecular complexity index is 346. The maximum atomic E-state index is 9.52. The highest BCUT2D eigenvalue weighted by Crippen LogP contribution is 2.26. The summed E-state index contributed by atoms with van der Waals surface area (Å²) in [6.45, 7) is 0.426. The maximum absolute atomic E-state index is 9.52. The van der Waals surface area contributed by atoms with Gasteiger partial charge in [0.25, 0.3) is 0 Å². The topological polar surface area (TPSA) is 55.5 Å². The molecule has 0 saturated heterocycles. The van der Waals surface area contributed by atoms with E-state index in [9.17, 15) is 5.11 Å². The minimum absolute atomic E-state index is 0.230.